The van der Waals surface area contributed by atoms with Crippen LogP contribution in [-0.2, 0) is 6.42 Å². The van der Waals surface area contributed by atoms with Crippen LogP contribution in [0.15, 0.2) is 42.7 Å². The molecule has 1 unspecified atom stereocenters. The molecule has 2 aromatic rings. The van der Waals surface area contributed by atoms with Gasteiger partial charge in [0.1, 0.15) is 0 Å². The number of carbonyl (C=O) groups is 1. The Morgan fingerprint density at radius 2 is 2.12 bits per heavy atom. The van der Waals surface area contributed by atoms with Crippen molar-refractivity contribution in [3.05, 3.63) is 59.4 Å². The number of aromatic nitrogens is 1. The Hall–Kier alpha value is -2.16. The molecule has 0 amide bonds. The molecular weight excluding hydrogens is 212 g/mol. The monoisotopic (exact) mass is 224 g/mol. The van der Waals surface area contributed by atoms with Crippen LogP contribution in [0.2, 0.25) is 0 Å². The van der Waals surface area contributed by atoms with Gasteiger partial charge in [-0.3, -0.25) is 9.78 Å². The lowest BCUT2D eigenvalue weighted by molar-refractivity contribution is 0.0949. The minimum absolute atomic E-state index is 0.0438. The quantitative estimate of drug-likeness (QED) is 0.795. The molecule has 1 aromatic heterocycles. The topological polar surface area (TPSA) is 56.0 Å². The molecule has 17 heavy (non-hydrogen) atoms. The Morgan fingerprint density at radius 1 is 1.29 bits per heavy atom. The van der Waals surface area contributed by atoms with Gasteiger partial charge in [0.05, 0.1) is 11.5 Å². The van der Waals surface area contributed by atoms with Crippen molar-refractivity contribution in [1.29, 1.82) is 0 Å². The number of hydrogen-bond acceptors (Lipinski definition) is 3. The van der Waals surface area contributed by atoms with Crippen LogP contribution in [0.3, 0.4) is 0 Å². The van der Waals surface area contributed by atoms with Gasteiger partial charge in [0.15, 0.2) is 5.78 Å². The molecule has 1 heterocycles. The summed E-state index contributed by atoms with van der Waals surface area (Å²) < 4.78 is 0. The minimum atomic E-state index is -0.0438. The molecule has 1 aromatic carbocycles. The standard InChI is InChI=1S/C14H12N2O/c15-13-5-6-16-8-12(13)14(17)11-7-9-3-1-2-4-10(9)11/h1-6,8,11H,7H2,(H2,15,16). The summed E-state index contributed by atoms with van der Waals surface area (Å²) in [5.41, 5.74) is 9.22. The van der Waals surface area contributed by atoms with Gasteiger partial charge in [0.25, 0.3) is 0 Å². The van der Waals surface area contributed by atoms with E-state index in [0.717, 1.165) is 12.0 Å². The first-order chi connectivity index (χ1) is 8.27. The number of fused-ring (bicyclic) bond motifs is 1. The smallest absolute Gasteiger partial charge is 0.174 e. The zero-order valence-corrected chi connectivity index (χ0v) is 9.26. The predicted molar refractivity (Wildman–Crippen MR) is 65.9 cm³/mol. The van der Waals surface area contributed by atoms with Crippen molar-refractivity contribution in [3.63, 3.8) is 0 Å². The van der Waals surface area contributed by atoms with Crippen LogP contribution >= 0.6 is 0 Å². The molecule has 0 saturated heterocycles. The number of nitrogens with two attached hydrogens (primary N) is 1. The fourth-order valence-electron chi connectivity index (χ4n) is 2.29. The molecule has 1 aliphatic carbocycles. The van der Waals surface area contributed by atoms with Crippen molar-refractivity contribution >= 4 is 11.5 Å². The molecule has 1 aliphatic rings. The lowest BCUT2D eigenvalue weighted by Crippen LogP contribution is -2.25. The molecule has 0 fully saturated rings. The molecule has 0 bridgehead atoms. The highest BCUT2D eigenvalue weighted by Crippen LogP contribution is 2.37. The molecule has 0 aliphatic heterocycles. The van der Waals surface area contributed by atoms with E-state index in [-0.39, 0.29) is 11.7 Å². The largest absolute Gasteiger partial charge is 0.398 e. The first kappa shape index (κ1) is 10.0. The van der Waals surface area contributed by atoms with Crippen LogP contribution in [-0.4, -0.2) is 10.8 Å². The van der Waals surface area contributed by atoms with Gasteiger partial charge in [-0.1, -0.05) is 24.3 Å². The lowest BCUT2D eigenvalue weighted by Gasteiger charge is -2.28. The van der Waals surface area contributed by atoms with Gasteiger partial charge in [-0.2, -0.15) is 0 Å². The fraction of sp³-hybridized carbons (Fsp3) is 0.143. The molecule has 3 rings (SSSR count). The Labute approximate surface area is 99.3 Å². The van der Waals surface area contributed by atoms with E-state index in [2.05, 4.69) is 11.1 Å². The van der Waals surface area contributed by atoms with Gasteiger partial charge in [-0.15, -0.1) is 0 Å². The zero-order chi connectivity index (χ0) is 11.8. The predicted octanol–water partition coefficient (Wildman–Crippen LogP) is 2.19. The second-order valence-corrected chi connectivity index (χ2v) is 4.28. The van der Waals surface area contributed by atoms with Gasteiger partial charge >= 0.3 is 0 Å². The lowest BCUT2D eigenvalue weighted by atomic mass is 9.74. The number of nitrogens with zero attached hydrogens (tertiary/aromatic N) is 1. The van der Waals surface area contributed by atoms with Crippen LogP contribution in [0.1, 0.15) is 27.4 Å². The summed E-state index contributed by atoms with van der Waals surface area (Å²) in [4.78, 5) is 16.3. The maximum absolute atomic E-state index is 12.3. The maximum Gasteiger partial charge on any atom is 0.174 e. The Bertz CT molecular complexity index is 592. The van der Waals surface area contributed by atoms with E-state index in [1.165, 1.54) is 5.56 Å². The van der Waals surface area contributed by atoms with Crippen molar-refractivity contribution in [2.24, 2.45) is 0 Å². The molecule has 3 heteroatoms. The van der Waals surface area contributed by atoms with Crippen molar-refractivity contribution in [1.82, 2.24) is 4.98 Å². The van der Waals surface area contributed by atoms with Crippen LogP contribution in [0.4, 0.5) is 5.69 Å². The highest BCUT2D eigenvalue weighted by atomic mass is 16.1. The first-order valence-corrected chi connectivity index (χ1v) is 5.59. The number of hydrogen-bond donors (Lipinski definition) is 1. The third-order valence-corrected chi connectivity index (χ3v) is 3.29. The fourth-order valence-corrected chi connectivity index (χ4v) is 2.29. The van der Waals surface area contributed by atoms with Gasteiger partial charge < -0.3 is 5.73 Å². The van der Waals surface area contributed by atoms with E-state index in [1.807, 2.05) is 18.2 Å². The first-order valence-electron chi connectivity index (χ1n) is 5.59. The summed E-state index contributed by atoms with van der Waals surface area (Å²) in [6.07, 6.45) is 3.96. The van der Waals surface area contributed by atoms with Gasteiger partial charge in [0, 0.05) is 18.1 Å². The Morgan fingerprint density at radius 3 is 2.88 bits per heavy atom. The third kappa shape index (κ3) is 1.51. The molecule has 3 nitrogen and oxygen atoms in total. The maximum atomic E-state index is 12.3. The number of anilines is 1. The number of ketones is 1. The van der Waals surface area contributed by atoms with E-state index in [9.17, 15) is 4.79 Å². The van der Waals surface area contributed by atoms with E-state index in [1.54, 1.807) is 18.5 Å². The van der Waals surface area contributed by atoms with Crippen molar-refractivity contribution in [2.45, 2.75) is 12.3 Å². The summed E-state index contributed by atoms with van der Waals surface area (Å²) in [7, 11) is 0. The third-order valence-electron chi connectivity index (χ3n) is 3.29. The average molecular weight is 224 g/mol. The summed E-state index contributed by atoms with van der Waals surface area (Å²) in [6.45, 7) is 0. The Balaban J connectivity index is 1.94. The number of carbonyl (C=O) groups excluding carboxylic acids is 1. The number of pyridine rings is 1. The van der Waals surface area contributed by atoms with E-state index in [4.69, 9.17) is 5.73 Å². The average Bonchev–Trinajstić information content (AvgIpc) is 2.31. The van der Waals surface area contributed by atoms with Crippen LogP contribution in [0.25, 0.3) is 0 Å². The van der Waals surface area contributed by atoms with Crippen molar-refractivity contribution < 1.29 is 4.79 Å². The molecule has 0 saturated carbocycles. The highest BCUT2D eigenvalue weighted by molar-refractivity contribution is 6.06. The molecular formula is C14H12N2O. The summed E-state index contributed by atoms with van der Waals surface area (Å²) in [6, 6.07) is 9.69. The second-order valence-electron chi connectivity index (χ2n) is 4.28. The number of rotatable bonds is 2. The van der Waals surface area contributed by atoms with Crippen molar-refractivity contribution in [2.75, 3.05) is 5.73 Å². The summed E-state index contributed by atoms with van der Waals surface area (Å²) in [5, 5.41) is 0. The van der Waals surface area contributed by atoms with Gasteiger partial charge in [-0.25, -0.2) is 0 Å². The SMILES string of the molecule is Nc1ccncc1C(=O)C1Cc2ccccc21. The van der Waals surface area contributed by atoms with E-state index in [0.29, 0.717) is 11.3 Å². The second kappa shape index (κ2) is 3.70. The van der Waals surface area contributed by atoms with Crippen LogP contribution in [0, 0.1) is 0 Å². The van der Waals surface area contributed by atoms with Gasteiger partial charge in [0.2, 0.25) is 0 Å². The highest BCUT2D eigenvalue weighted by Gasteiger charge is 2.32. The molecule has 1 atom stereocenters. The molecule has 84 valence electrons. The van der Waals surface area contributed by atoms with E-state index >= 15 is 0 Å². The zero-order valence-electron chi connectivity index (χ0n) is 9.26. The van der Waals surface area contributed by atoms with Gasteiger partial charge in [-0.05, 0) is 23.6 Å². The molecule has 0 spiro atoms. The Kier molecular flexibility index (Phi) is 2.18. The summed E-state index contributed by atoms with van der Waals surface area (Å²) in [5.74, 6) is 0.0343. The number of benzene rings is 1. The van der Waals surface area contributed by atoms with Crippen molar-refractivity contribution in [3.8, 4) is 0 Å². The minimum Gasteiger partial charge on any atom is -0.398 e. The van der Waals surface area contributed by atoms with Crippen LogP contribution < -0.4 is 5.73 Å². The number of nitrogen functional groups attached to an aromatic ring is 1. The summed E-state index contributed by atoms with van der Waals surface area (Å²) >= 11 is 0. The molecule has 2 N–H and O–H groups in total. The van der Waals surface area contributed by atoms with Crippen LogP contribution in [0.5, 0.6) is 0 Å². The number of Topliss-reactive ketones (excluding diaryl/α,β-unsaturated/α-hetero) is 1. The van der Waals surface area contributed by atoms with E-state index < -0.39 is 0 Å². The normalized spacial score (nSPS) is 17.1. The molecule has 0 radical (unpaired) electrons.